The van der Waals surface area contributed by atoms with Gasteiger partial charge in [0, 0.05) is 17.5 Å². The second kappa shape index (κ2) is 7.11. The maximum absolute atomic E-state index is 12.3. The highest BCUT2D eigenvalue weighted by Gasteiger charge is 2.44. The standard InChI is InChI=1S/C19H29NO4/c1-18(2)11-8-12-19(3,4)20(18)24-16(17(22)23-5)13-14-9-6-7-10-15(14)21/h6-7,9-10,16,21H,8,11-13H2,1-5H3. The van der Waals surface area contributed by atoms with E-state index in [1.165, 1.54) is 7.11 Å². The van der Waals surface area contributed by atoms with Crippen LogP contribution >= 0.6 is 0 Å². The van der Waals surface area contributed by atoms with Gasteiger partial charge in [-0.3, -0.25) is 4.84 Å². The summed E-state index contributed by atoms with van der Waals surface area (Å²) in [5.41, 5.74) is 0.319. The average molecular weight is 335 g/mol. The number of piperidine rings is 1. The van der Waals surface area contributed by atoms with Crippen LogP contribution in [-0.2, 0) is 20.8 Å². The largest absolute Gasteiger partial charge is 0.508 e. The van der Waals surface area contributed by atoms with Crippen LogP contribution in [0.2, 0.25) is 0 Å². The number of phenolic OH excluding ortho intramolecular Hbond substituents is 1. The molecule has 1 fully saturated rings. The van der Waals surface area contributed by atoms with E-state index in [0.717, 1.165) is 19.3 Å². The number of nitrogens with zero attached hydrogens (tertiary/aromatic N) is 1. The van der Waals surface area contributed by atoms with Crippen molar-refractivity contribution in [1.29, 1.82) is 0 Å². The van der Waals surface area contributed by atoms with Crippen LogP contribution in [0.3, 0.4) is 0 Å². The number of hydrogen-bond donors (Lipinski definition) is 1. The summed E-state index contributed by atoms with van der Waals surface area (Å²) >= 11 is 0. The van der Waals surface area contributed by atoms with Gasteiger partial charge in [-0.05, 0) is 58.6 Å². The molecule has 0 spiro atoms. The number of benzene rings is 1. The highest BCUT2D eigenvalue weighted by molar-refractivity contribution is 5.75. The fourth-order valence-corrected chi connectivity index (χ4v) is 3.57. The van der Waals surface area contributed by atoms with E-state index in [4.69, 9.17) is 9.57 Å². The molecule has 5 nitrogen and oxygen atoms in total. The molecule has 2 rings (SSSR count). The van der Waals surface area contributed by atoms with Crippen molar-refractivity contribution in [3.05, 3.63) is 29.8 Å². The fraction of sp³-hybridized carbons (Fsp3) is 0.632. The summed E-state index contributed by atoms with van der Waals surface area (Å²) in [6, 6.07) is 6.99. The van der Waals surface area contributed by atoms with Gasteiger partial charge < -0.3 is 9.84 Å². The number of methoxy groups -OCH3 is 1. The minimum atomic E-state index is -0.792. The Morgan fingerprint density at radius 3 is 2.33 bits per heavy atom. The zero-order valence-corrected chi connectivity index (χ0v) is 15.3. The molecule has 0 bridgehead atoms. The first-order valence-electron chi connectivity index (χ1n) is 8.49. The van der Waals surface area contributed by atoms with E-state index in [2.05, 4.69) is 27.7 Å². The summed E-state index contributed by atoms with van der Waals surface area (Å²) in [6.07, 6.45) is 2.60. The number of para-hydroxylation sites is 1. The van der Waals surface area contributed by atoms with E-state index in [0.29, 0.717) is 5.56 Å². The maximum Gasteiger partial charge on any atom is 0.337 e. The van der Waals surface area contributed by atoms with Crippen LogP contribution in [0, 0.1) is 0 Å². The Balaban J connectivity index is 2.25. The average Bonchev–Trinajstić information content (AvgIpc) is 2.50. The molecule has 1 N–H and O–H groups in total. The van der Waals surface area contributed by atoms with Crippen molar-refractivity contribution in [2.24, 2.45) is 0 Å². The molecule has 0 aliphatic carbocycles. The molecule has 1 aromatic carbocycles. The topological polar surface area (TPSA) is 59.0 Å². The second-order valence-corrected chi connectivity index (χ2v) is 7.72. The molecule has 0 radical (unpaired) electrons. The molecular weight excluding hydrogens is 306 g/mol. The Hall–Kier alpha value is -1.59. The number of hydroxylamine groups is 2. The van der Waals surface area contributed by atoms with Crippen LogP contribution in [0.5, 0.6) is 5.75 Å². The van der Waals surface area contributed by atoms with Crippen molar-refractivity contribution < 1.29 is 19.5 Å². The third kappa shape index (κ3) is 4.08. The molecule has 1 atom stereocenters. The lowest BCUT2D eigenvalue weighted by Crippen LogP contribution is -2.60. The van der Waals surface area contributed by atoms with Crippen LogP contribution < -0.4 is 0 Å². The molecule has 24 heavy (non-hydrogen) atoms. The summed E-state index contributed by atoms with van der Waals surface area (Å²) < 4.78 is 4.93. The van der Waals surface area contributed by atoms with Crippen LogP contribution in [-0.4, -0.2) is 40.4 Å². The van der Waals surface area contributed by atoms with Crippen molar-refractivity contribution >= 4 is 5.97 Å². The Morgan fingerprint density at radius 1 is 1.21 bits per heavy atom. The summed E-state index contributed by atoms with van der Waals surface area (Å²) in [6.45, 7) is 8.51. The summed E-state index contributed by atoms with van der Waals surface area (Å²) in [4.78, 5) is 18.4. The molecule has 0 amide bonds. The summed E-state index contributed by atoms with van der Waals surface area (Å²) in [7, 11) is 1.36. The first-order chi connectivity index (χ1) is 11.2. The normalized spacial score (nSPS) is 21.2. The molecule has 0 aromatic heterocycles. The smallest absolute Gasteiger partial charge is 0.337 e. The molecule has 1 aromatic rings. The third-order valence-corrected chi connectivity index (χ3v) is 4.77. The highest BCUT2D eigenvalue weighted by Crippen LogP contribution is 2.39. The van der Waals surface area contributed by atoms with Gasteiger partial charge in [0.05, 0.1) is 7.11 Å². The van der Waals surface area contributed by atoms with Gasteiger partial charge in [-0.25, -0.2) is 4.79 Å². The number of carbonyl (C=O) groups is 1. The van der Waals surface area contributed by atoms with Gasteiger partial charge in [0.2, 0.25) is 0 Å². The Morgan fingerprint density at radius 2 is 1.79 bits per heavy atom. The van der Waals surface area contributed by atoms with Gasteiger partial charge in [-0.1, -0.05) is 18.2 Å². The minimum absolute atomic E-state index is 0.159. The number of hydrogen-bond acceptors (Lipinski definition) is 5. The van der Waals surface area contributed by atoms with Crippen molar-refractivity contribution in [3.8, 4) is 5.75 Å². The first-order valence-corrected chi connectivity index (χ1v) is 8.49. The molecule has 1 aliphatic rings. The maximum atomic E-state index is 12.3. The highest BCUT2D eigenvalue weighted by atomic mass is 16.7. The predicted molar refractivity (Wildman–Crippen MR) is 92.5 cm³/mol. The van der Waals surface area contributed by atoms with Gasteiger partial charge in [0.1, 0.15) is 5.75 Å². The van der Waals surface area contributed by atoms with Crippen molar-refractivity contribution in [2.75, 3.05) is 7.11 Å². The Labute approximate surface area is 144 Å². The van der Waals surface area contributed by atoms with E-state index in [9.17, 15) is 9.90 Å². The van der Waals surface area contributed by atoms with Gasteiger partial charge in [-0.2, -0.15) is 5.06 Å². The van der Waals surface area contributed by atoms with Crippen LogP contribution in [0.25, 0.3) is 0 Å². The van der Waals surface area contributed by atoms with Crippen molar-refractivity contribution in [2.45, 2.75) is 70.6 Å². The molecular formula is C19H29NO4. The number of phenols is 1. The van der Waals surface area contributed by atoms with E-state index in [1.54, 1.807) is 18.2 Å². The van der Waals surface area contributed by atoms with Gasteiger partial charge in [0.25, 0.3) is 0 Å². The van der Waals surface area contributed by atoms with Crippen LogP contribution in [0.15, 0.2) is 24.3 Å². The minimum Gasteiger partial charge on any atom is -0.508 e. The van der Waals surface area contributed by atoms with E-state index in [-0.39, 0.29) is 23.2 Å². The van der Waals surface area contributed by atoms with Crippen LogP contribution in [0.4, 0.5) is 0 Å². The van der Waals surface area contributed by atoms with Crippen LogP contribution in [0.1, 0.15) is 52.5 Å². The molecule has 134 valence electrons. The molecule has 1 unspecified atom stereocenters. The third-order valence-electron chi connectivity index (χ3n) is 4.77. The van der Waals surface area contributed by atoms with Gasteiger partial charge in [0.15, 0.2) is 6.10 Å². The zero-order chi connectivity index (χ0) is 18.0. The first kappa shape index (κ1) is 18.7. The van der Waals surface area contributed by atoms with Gasteiger partial charge in [-0.15, -0.1) is 0 Å². The fourth-order valence-electron chi connectivity index (χ4n) is 3.57. The Bertz CT molecular complexity index is 566. The number of ether oxygens (including phenoxy) is 1. The van der Waals surface area contributed by atoms with Gasteiger partial charge >= 0.3 is 5.97 Å². The lowest BCUT2D eigenvalue weighted by Gasteiger charge is -2.52. The lowest BCUT2D eigenvalue weighted by atomic mass is 9.82. The quantitative estimate of drug-likeness (QED) is 0.835. The summed E-state index contributed by atoms with van der Waals surface area (Å²) in [5, 5.41) is 12.0. The lowest BCUT2D eigenvalue weighted by molar-refractivity contribution is -0.302. The molecule has 1 heterocycles. The number of esters is 1. The molecule has 0 saturated carbocycles. The molecule has 1 aliphatic heterocycles. The number of aromatic hydroxyl groups is 1. The number of rotatable bonds is 5. The van der Waals surface area contributed by atoms with E-state index >= 15 is 0 Å². The Kier molecular flexibility index (Phi) is 5.56. The number of carbonyl (C=O) groups excluding carboxylic acids is 1. The monoisotopic (exact) mass is 335 g/mol. The van der Waals surface area contributed by atoms with Crippen molar-refractivity contribution in [3.63, 3.8) is 0 Å². The second-order valence-electron chi connectivity index (χ2n) is 7.72. The predicted octanol–water partition coefficient (Wildman–Crippen LogP) is 3.45. The van der Waals surface area contributed by atoms with Crippen molar-refractivity contribution in [1.82, 2.24) is 5.06 Å². The zero-order valence-electron chi connectivity index (χ0n) is 15.3. The van der Waals surface area contributed by atoms with E-state index < -0.39 is 12.1 Å². The van der Waals surface area contributed by atoms with E-state index in [1.807, 2.05) is 11.1 Å². The molecule has 5 heteroatoms. The SMILES string of the molecule is COC(=O)C(Cc1ccccc1O)ON1C(C)(C)CCCC1(C)C. The summed E-state index contributed by atoms with van der Waals surface area (Å²) in [5.74, 6) is -0.275. The molecule has 1 saturated heterocycles.